The molecule has 0 aromatic carbocycles. The van der Waals surface area contributed by atoms with E-state index in [1.165, 1.54) is 6.20 Å². The minimum absolute atomic E-state index is 0.151. The van der Waals surface area contributed by atoms with Gasteiger partial charge in [0, 0.05) is 34.5 Å². The van der Waals surface area contributed by atoms with Crippen molar-refractivity contribution in [2.45, 2.75) is 0 Å². The van der Waals surface area contributed by atoms with E-state index in [0.29, 0.717) is 9.21 Å². The average molecular weight is 508 g/mol. The van der Waals surface area contributed by atoms with E-state index in [1.54, 1.807) is 30.5 Å². The van der Waals surface area contributed by atoms with Gasteiger partial charge < -0.3 is 10.2 Å². The van der Waals surface area contributed by atoms with Gasteiger partial charge in [-0.3, -0.25) is 4.98 Å². The second-order valence-corrected chi connectivity index (χ2v) is 4.22. The van der Waals surface area contributed by atoms with Gasteiger partial charge in [0.1, 0.15) is 20.7 Å². The molecule has 2 aromatic heterocycles. The number of hydrogen-bond acceptors (Lipinski definition) is 4. The van der Waals surface area contributed by atoms with E-state index in [-0.39, 0.29) is 11.5 Å². The van der Waals surface area contributed by atoms with Crippen LogP contribution in [0.15, 0.2) is 45.9 Å². The molecule has 0 saturated carbocycles. The number of halogens is 4. The van der Waals surface area contributed by atoms with Crippen LogP contribution in [0.2, 0.25) is 0 Å². The lowest BCUT2D eigenvalue weighted by atomic mass is 10.5. The maximum absolute atomic E-state index is 8.91. The quantitative estimate of drug-likeness (QED) is 0.503. The lowest BCUT2D eigenvalue weighted by Gasteiger charge is -1.93. The van der Waals surface area contributed by atoms with Crippen LogP contribution < -0.4 is 0 Å². The molecule has 0 spiro atoms. The number of aromatic hydroxyl groups is 2. The Bertz CT molecular complexity index is 457. The third kappa shape index (κ3) is 8.02. The third-order valence-corrected chi connectivity index (χ3v) is 2.47. The minimum Gasteiger partial charge on any atom is -0.506 e. The standard InChI is InChI=1S/C5H3Br2NO.C5H5NO.Br2/c6-4-2-1-3(9)5(7)8-4;7-5-2-1-3-6-4-5;1-2/h1-2,9H;1-4,7H;. The molecular formula is C10H8Br4N2O2. The van der Waals surface area contributed by atoms with Crippen LogP contribution in [0.25, 0.3) is 0 Å². The predicted molar refractivity (Wildman–Crippen MR) is 85.1 cm³/mol. The maximum Gasteiger partial charge on any atom is 0.149 e. The SMILES string of the molecule is BrBr.Oc1ccc(Br)nc1Br.Oc1cccnc1. The minimum atomic E-state index is 0.151. The summed E-state index contributed by atoms with van der Waals surface area (Å²) in [6.45, 7) is 0. The van der Waals surface area contributed by atoms with E-state index >= 15 is 0 Å². The van der Waals surface area contributed by atoms with Gasteiger partial charge in [-0.2, -0.15) is 0 Å². The Morgan fingerprint density at radius 1 is 1.00 bits per heavy atom. The summed E-state index contributed by atoms with van der Waals surface area (Å²) < 4.78 is 1.16. The first-order valence-electron chi connectivity index (χ1n) is 4.34. The highest BCUT2D eigenvalue weighted by Gasteiger charge is 1.96. The number of aromatic nitrogens is 2. The summed E-state index contributed by atoms with van der Waals surface area (Å²) in [6, 6.07) is 6.48. The van der Waals surface area contributed by atoms with Crippen LogP contribution in [-0.2, 0) is 0 Å². The molecule has 4 nitrogen and oxygen atoms in total. The van der Waals surface area contributed by atoms with Crippen molar-refractivity contribution in [3.63, 3.8) is 0 Å². The van der Waals surface area contributed by atoms with Gasteiger partial charge in [-0.05, 0) is 56.1 Å². The van der Waals surface area contributed by atoms with Crippen molar-refractivity contribution in [3.8, 4) is 11.5 Å². The van der Waals surface area contributed by atoms with Crippen molar-refractivity contribution in [1.82, 2.24) is 9.97 Å². The van der Waals surface area contributed by atoms with Crippen LogP contribution in [-0.4, -0.2) is 20.2 Å². The largest absolute Gasteiger partial charge is 0.506 e. The molecule has 0 unspecified atom stereocenters. The zero-order valence-electron chi connectivity index (χ0n) is 8.76. The second-order valence-electron chi connectivity index (χ2n) is 2.66. The van der Waals surface area contributed by atoms with Crippen molar-refractivity contribution in [3.05, 3.63) is 45.9 Å². The number of nitrogens with zero attached hydrogens (tertiary/aromatic N) is 2. The molecule has 0 aliphatic rings. The molecule has 2 heterocycles. The predicted octanol–water partition coefficient (Wildman–Crippen LogP) is 4.79. The van der Waals surface area contributed by atoms with Crippen LogP contribution in [0.4, 0.5) is 0 Å². The molecule has 0 radical (unpaired) electrons. The zero-order valence-corrected chi connectivity index (χ0v) is 15.1. The van der Waals surface area contributed by atoms with E-state index in [4.69, 9.17) is 10.2 Å². The second kappa shape index (κ2) is 10.7. The molecule has 0 bridgehead atoms. The van der Waals surface area contributed by atoms with Gasteiger partial charge in [-0.15, -0.1) is 0 Å². The maximum atomic E-state index is 8.91. The monoisotopic (exact) mass is 504 g/mol. The molecule has 2 aromatic rings. The van der Waals surface area contributed by atoms with Gasteiger partial charge in [0.2, 0.25) is 0 Å². The summed E-state index contributed by atoms with van der Waals surface area (Å²) in [5, 5.41) is 17.5. The van der Waals surface area contributed by atoms with Gasteiger partial charge in [0.25, 0.3) is 0 Å². The molecule has 18 heavy (non-hydrogen) atoms. The molecule has 0 aliphatic carbocycles. The number of pyridine rings is 2. The first kappa shape index (κ1) is 17.8. The molecule has 0 atom stereocenters. The van der Waals surface area contributed by atoms with Gasteiger partial charge in [-0.25, -0.2) is 4.98 Å². The topological polar surface area (TPSA) is 66.2 Å². The molecule has 8 heteroatoms. The fourth-order valence-corrected chi connectivity index (χ4v) is 1.63. The van der Waals surface area contributed by atoms with E-state index in [2.05, 4.69) is 70.1 Å². The Kier molecular flexibility index (Phi) is 10.6. The molecule has 0 amide bonds. The highest BCUT2D eigenvalue weighted by atomic mass is 80.9. The summed E-state index contributed by atoms with van der Waals surface area (Å²) in [4.78, 5) is 7.49. The van der Waals surface area contributed by atoms with Crippen LogP contribution in [0.1, 0.15) is 0 Å². The van der Waals surface area contributed by atoms with E-state index in [0.717, 1.165) is 0 Å². The summed E-state index contributed by atoms with van der Waals surface area (Å²) in [6.07, 6.45) is 3.00. The highest BCUT2D eigenvalue weighted by molar-refractivity contribution is 9.93. The van der Waals surface area contributed by atoms with Crippen molar-refractivity contribution >= 4 is 60.1 Å². The molecule has 2 rings (SSSR count). The van der Waals surface area contributed by atoms with Crippen LogP contribution in [0.3, 0.4) is 0 Å². The van der Waals surface area contributed by atoms with Crippen molar-refractivity contribution < 1.29 is 10.2 Å². The molecule has 0 fully saturated rings. The molecule has 98 valence electrons. The third-order valence-electron chi connectivity index (χ3n) is 1.44. The Hall–Kier alpha value is -0.180. The average Bonchev–Trinajstić information content (AvgIpc) is 2.38. The first-order chi connectivity index (χ1) is 8.59. The fourth-order valence-electron chi connectivity index (χ4n) is 0.759. The van der Waals surface area contributed by atoms with Crippen molar-refractivity contribution in [2.24, 2.45) is 0 Å². The van der Waals surface area contributed by atoms with Gasteiger partial charge in [-0.1, -0.05) is 0 Å². The smallest absolute Gasteiger partial charge is 0.149 e. The lowest BCUT2D eigenvalue weighted by molar-refractivity contribution is 0.468. The highest BCUT2D eigenvalue weighted by Crippen LogP contribution is 2.22. The Balaban J connectivity index is 0.000000289. The number of rotatable bonds is 0. The van der Waals surface area contributed by atoms with Gasteiger partial charge in [0.05, 0.1) is 6.20 Å². The van der Waals surface area contributed by atoms with Gasteiger partial charge in [0.15, 0.2) is 0 Å². The summed E-state index contributed by atoms with van der Waals surface area (Å²) in [5.41, 5.74) is 0. The van der Waals surface area contributed by atoms with Gasteiger partial charge >= 0.3 is 0 Å². The van der Waals surface area contributed by atoms with E-state index in [1.807, 2.05) is 0 Å². The van der Waals surface area contributed by atoms with Crippen LogP contribution in [0, 0.1) is 0 Å². The lowest BCUT2D eigenvalue weighted by Crippen LogP contribution is -1.75. The van der Waals surface area contributed by atoms with Crippen molar-refractivity contribution in [1.29, 1.82) is 0 Å². The Morgan fingerprint density at radius 3 is 2.00 bits per heavy atom. The molecule has 0 saturated heterocycles. The fraction of sp³-hybridized carbons (Fsp3) is 0. The van der Waals surface area contributed by atoms with E-state index < -0.39 is 0 Å². The normalized spacial score (nSPS) is 8.44. The first-order valence-corrected chi connectivity index (χ1v) is 9.64. The summed E-state index contributed by atoms with van der Waals surface area (Å²) in [7, 11) is 0. The molecular weight excluding hydrogens is 500 g/mol. The zero-order chi connectivity index (χ0) is 14.0. The Labute approximate surface area is 137 Å². The van der Waals surface area contributed by atoms with Crippen LogP contribution >= 0.6 is 60.1 Å². The Morgan fingerprint density at radius 2 is 1.67 bits per heavy atom. The number of hydrogen-bond donors (Lipinski definition) is 2. The summed E-state index contributed by atoms with van der Waals surface area (Å²) >= 11 is 11.7. The van der Waals surface area contributed by atoms with E-state index in [9.17, 15) is 0 Å². The summed E-state index contributed by atoms with van der Waals surface area (Å²) in [5.74, 6) is 0.362. The van der Waals surface area contributed by atoms with Crippen LogP contribution in [0.5, 0.6) is 11.5 Å². The molecule has 0 aliphatic heterocycles. The van der Waals surface area contributed by atoms with Crippen molar-refractivity contribution in [2.75, 3.05) is 0 Å². The molecule has 2 N–H and O–H groups in total.